The highest BCUT2D eigenvalue weighted by Gasteiger charge is 2.18. The van der Waals surface area contributed by atoms with Crippen LogP contribution in [0.5, 0.6) is 0 Å². The van der Waals surface area contributed by atoms with Crippen molar-refractivity contribution >= 4 is 34.2 Å². The van der Waals surface area contributed by atoms with Gasteiger partial charge in [0.2, 0.25) is 0 Å². The lowest BCUT2D eigenvalue weighted by Crippen LogP contribution is -2.30. The Hall–Kier alpha value is -2.87. The number of sulfone groups is 1. The van der Waals surface area contributed by atoms with Crippen molar-refractivity contribution in [1.82, 2.24) is 0 Å². The molecule has 0 aliphatic carbocycles. The summed E-state index contributed by atoms with van der Waals surface area (Å²) >= 11 is 0. The van der Waals surface area contributed by atoms with Gasteiger partial charge in [0.25, 0.3) is 0 Å². The third kappa shape index (κ3) is 5.81. The van der Waals surface area contributed by atoms with Crippen molar-refractivity contribution < 1.29 is 28.0 Å². The molecule has 152 valence electrons. The number of nitrogens with zero attached hydrogens (tertiary/aromatic N) is 1. The zero-order valence-corrected chi connectivity index (χ0v) is 16.9. The highest BCUT2D eigenvalue weighted by atomic mass is 32.2. The van der Waals surface area contributed by atoms with Crippen LogP contribution in [0.4, 0.5) is 10.5 Å². The molecule has 0 saturated carbocycles. The molecule has 2 aromatic carbocycles. The first-order valence-electron chi connectivity index (χ1n) is 8.84. The number of nitriles is 1. The third-order valence-corrected chi connectivity index (χ3v) is 6.12. The fourth-order valence-corrected chi connectivity index (χ4v) is 3.72. The smallest absolute Gasteiger partial charge is 0.449 e. The summed E-state index contributed by atoms with van der Waals surface area (Å²) in [5.74, 6) is -0.131. The van der Waals surface area contributed by atoms with Crippen molar-refractivity contribution in [3.05, 3.63) is 53.1 Å². The molecule has 2 aromatic rings. The van der Waals surface area contributed by atoms with Gasteiger partial charge < -0.3 is 14.8 Å². The number of hydrogen-bond donors (Lipinski definition) is 3. The minimum Gasteiger partial charge on any atom is -0.449 e. The molecule has 3 N–H and O–H groups in total. The molecule has 0 radical (unpaired) electrons. The van der Waals surface area contributed by atoms with E-state index in [-0.39, 0.29) is 28.5 Å². The summed E-state index contributed by atoms with van der Waals surface area (Å²) in [5, 5.41) is 30.0. The molecule has 0 saturated heterocycles. The lowest BCUT2D eigenvalue weighted by Gasteiger charge is -2.11. The average molecular weight is 416 g/mol. The zero-order chi connectivity index (χ0) is 21.6. The van der Waals surface area contributed by atoms with E-state index in [0.29, 0.717) is 11.9 Å². The normalized spacial score (nSPS) is 10.9. The van der Waals surface area contributed by atoms with Gasteiger partial charge in [0.05, 0.1) is 22.8 Å². The maximum atomic E-state index is 12.0. The second-order valence-corrected chi connectivity index (χ2v) is 8.54. The molecule has 0 aliphatic heterocycles. The first kappa shape index (κ1) is 22.4. The topological polar surface area (TPSA) is 137 Å². The van der Waals surface area contributed by atoms with Crippen LogP contribution in [0.3, 0.4) is 0 Å². The van der Waals surface area contributed by atoms with E-state index in [0.717, 1.165) is 11.1 Å². The average Bonchev–Trinajstić information content (AvgIpc) is 2.68. The zero-order valence-electron chi connectivity index (χ0n) is 16.0. The molecule has 8 nitrogen and oxygen atoms in total. The molecule has 10 heteroatoms. The van der Waals surface area contributed by atoms with E-state index in [2.05, 4.69) is 5.32 Å². The van der Waals surface area contributed by atoms with E-state index in [4.69, 9.17) is 14.8 Å². The van der Waals surface area contributed by atoms with Gasteiger partial charge in [-0.25, -0.2) is 13.2 Å². The highest BCUT2D eigenvalue weighted by Crippen LogP contribution is 2.21. The number of rotatable bonds is 7. The van der Waals surface area contributed by atoms with Crippen molar-refractivity contribution in [1.29, 1.82) is 5.26 Å². The predicted molar refractivity (Wildman–Crippen MR) is 109 cm³/mol. The van der Waals surface area contributed by atoms with Crippen LogP contribution in [0, 0.1) is 18.3 Å². The molecule has 0 spiro atoms. The van der Waals surface area contributed by atoms with E-state index >= 15 is 0 Å². The molecule has 1 amide bonds. The molecule has 0 heterocycles. The monoisotopic (exact) mass is 416 g/mol. The second-order valence-electron chi connectivity index (χ2n) is 6.30. The van der Waals surface area contributed by atoms with Crippen LogP contribution < -0.4 is 10.8 Å². The number of anilines is 1. The number of benzene rings is 2. The number of hydrogen-bond acceptors (Lipinski definition) is 7. The van der Waals surface area contributed by atoms with Crippen molar-refractivity contribution in [2.45, 2.75) is 25.2 Å². The first-order chi connectivity index (χ1) is 13.7. The van der Waals surface area contributed by atoms with Crippen LogP contribution in [-0.2, 0) is 21.0 Å². The van der Waals surface area contributed by atoms with Gasteiger partial charge in [0.15, 0.2) is 9.84 Å². The van der Waals surface area contributed by atoms with Gasteiger partial charge in [-0.3, -0.25) is 5.32 Å². The summed E-state index contributed by atoms with van der Waals surface area (Å²) in [4.78, 5) is 11.9. The number of ether oxygens (including phenoxy) is 1. The molecular weight excluding hydrogens is 395 g/mol. The van der Waals surface area contributed by atoms with Gasteiger partial charge in [0.1, 0.15) is 6.07 Å². The summed E-state index contributed by atoms with van der Waals surface area (Å²) in [7, 11) is -5.08. The molecular formula is C19H21BN2O6S. The number of amides is 1. The Labute approximate surface area is 169 Å². The van der Waals surface area contributed by atoms with E-state index in [9.17, 15) is 18.5 Å². The van der Waals surface area contributed by atoms with E-state index in [1.165, 1.54) is 25.1 Å². The predicted octanol–water partition coefficient (Wildman–Crippen LogP) is 1.13. The van der Waals surface area contributed by atoms with Gasteiger partial charge >= 0.3 is 13.2 Å². The SMILES string of the molecule is CCS(=O)(=O)c1ccc(NC(=O)OCCc2ccc(B(O)O)cc2C)cc1C#N. The van der Waals surface area contributed by atoms with Crippen LogP contribution >= 0.6 is 0 Å². The van der Waals surface area contributed by atoms with Crippen molar-refractivity contribution in [3.8, 4) is 6.07 Å². The van der Waals surface area contributed by atoms with Crippen LogP contribution in [0.1, 0.15) is 23.6 Å². The number of carbonyl (C=O) groups is 1. The maximum Gasteiger partial charge on any atom is 0.488 e. The molecule has 0 bridgehead atoms. The van der Waals surface area contributed by atoms with Gasteiger partial charge in [0, 0.05) is 12.1 Å². The molecule has 0 unspecified atom stereocenters. The minimum absolute atomic E-state index is 0.0496. The van der Waals surface area contributed by atoms with E-state index in [1.807, 2.05) is 13.0 Å². The fourth-order valence-electron chi connectivity index (χ4n) is 2.69. The van der Waals surface area contributed by atoms with Gasteiger partial charge in [-0.1, -0.05) is 25.1 Å². The Kier molecular flexibility index (Phi) is 7.39. The number of aryl methyl sites for hydroxylation is 1. The lowest BCUT2D eigenvalue weighted by molar-refractivity contribution is 0.163. The minimum atomic E-state index is -3.54. The third-order valence-electron chi connectivity index (χ3n) is 4.33. The largest absolute Gasteiger partial charge is 0.488 e. The quantitative estimate of drug-likeness (QED) is 0.576. The van der Waals surface area contributed by atoms with Crippen LogP contribution in [0.2, 0.25) is 0 Å². The molecule has 29 heavy (non-hydrogen) atoms. The van der Waals surface area contributed by atoms with Crippen LogP contribution in [-0.4, -0.2) is 44.0 Å². The lowest BCUT2D eigenvalue weighted by atomic mass is 9.79. The van der Waals surface area contributed by atoms with Crippen LogP contribution in [0.25, 0.3) is 0 Å². The summed E-state index contributed by atoms with van der Waals surface area (Å²) < 4.78 is 29.1. The Morgan fingerprint density at radius 2 is 1.97 bits per heavy atom. The summed E-state index contributed by atoms with van der Waals surface area (Å²) in [6.45, 7) is 3.39. The van der Waals surface area contributed by atoms with Gasteiger partial charge in [-0.2, -0.15) is 5.26 Å². The first-order valence-corrected chi connectivity index (χ1v) is 10.5. The molecule has 2 rings (SSSR count). The molecule has 0 aliphatic rings. The Bertz CT molecular complexity index is 1050. The molecule has 0 fully saturated rings. The van der Waals surface area contributed by atoms with Crippen molar-refractivity contribution in [2.75, 3.05) is 17.7 Å². The Morgan fingerprint density at radius 1 is 1.24 bits per heavy atom. The highest BCUT2D eigenvalue weighted by molar-refractivity contribution is 7.91. The van der Waals surface area contributed by atoms with Crippen molar-refractivity contribution in [2.24, 2.45) is 0 Å². The fraction of sp³-hybridized carbons (Fsp3) is 0.263. The number of carbonyl (C=O) groups excluding carboxylic acids is 1. The Balaban J connectivity index is 1.97. The number of nitrogens with one attached hydrogen (secondary N) is 1. The van der Waals surface area contributed by atoms with Crippen LogP contribution in [0.15, 0.2) is 41.3 Å². The molecule has 0 aromatic heterocycles. The summed E-state index contributed by atoms with van der Waals surface area (Å²) in [5.41, 5.74) is 2.31. The maximum absolute atomic E-state index is 12.0. The summed E-state index contributed by atoms with van der Waals surface area (Å²) in [6, 6.07) is 10.8. The van der Waals surface area contributed by atoms with E-state index in [1.54, 1.807) is 18.2 Å². The standard InChI is InChI=1S/C19H21BN2O6S/c1-3-29(26,27)18-7-6-17(11-15(18)12-21)22-19(23)28-9-8-14-4-5-16(20(24)25)10-13(14)2/h4-7,10-11,24-25H,3,8-9H2,1-2H3,(H,22,23). The second kappa shape index (κ2) is 9.56. The molecule has 0 atom stereocenters. The van der Waals surface area contributed by atoms with Gasteiger partial charge in [-0.15, -0.1) is 0 Å². The van der Waals surface area contributed by atoms with E-state index < -0.39 is 23.0 Å². The van der Waals surface area contributed by atoms with Gasteiger partial charge in [-0.05, 0) is 41.7 Å². The Morgan fingerprint density at radius 3 is 2.55 bits per heavy atom. The summed E-state index contributed by atoms with van der Waals surface area (Å²) in [6.07, 6.45) is -0.307. The van der Waals surface area contributed by atoms with Crippen molar-refractivity contribution in [3.63, 3.8) is 0 Å².